The van der Waals surface area contributed by atoms with E-state index in [4.69, 9.17) is 0 Å². The number of aromatic nitrogens is 3. The Bertz CT molecular complexity index is 662. The number of anilines is 1. The molecule has 2 aromatic rings. The summed E-state index contributed by atoms with van der Waals surface area (Å²) in [4.78, 5) is 9.42. The van der Waals surface area contributed by atoms with Crippen LogP contribution < -0.4 is 4.90 Å². The summed E-state index contributed by atoms with van der Waals surface area (Å²) in [7, 11) is 0. The molecule has 0 amide bonds. The number of nitrogens with zero attached hydrogens (tertiary/aromatic N) is 5. The van der Waals surface area contributed by atoms with E-state index in [9.17, 15) is 0 Å². The molecule has 4 heterocycles. The van der Waals surface area contributed by atoms with Gasteiger partial charge in [0.25, 0.3) is 0 Å². The van der Waals surface area contributed by atoms with Crippen molar-refractivity contribution in [3.8, 4) is 0 Å². The van der Waals surface area contributed by atoms with Crippen LogP contribution in [0.25, 0.3) is 0 Å². The average molecular weight is 323 g/mol. The molecular weight excluding hydrogens is 298 g/mol. The number of likely N-dealkylation sites (tertiary alicyclic amines) is 1. The molecule has 0 unspecified atom stereocenters. The Morgan fingerprint density at radius 1 is 1.00 bits per heavy atom. The van der Waals surface area contributed by atoms with Gasteiger partial charge < -0.3 is 4.90 Å². The van der Waals surface area contributed by atoms with Crippen molar-refractivity contribution >= 4 is 5.82 Å². The van der Waals surface area contributed by atoms with Gasteiger partial charge in [0.05, 0.1) is 11.4 Å². The number of piperidine rings is 1. The highest BCUT2D eigenvalue weighted by atomic mass is 15.3. The minimum Gasteiger partial charge on any atom is -0.355 e. The number of rotatable bonds is 3. The molecule has 0 bridgehead atoms. The van der Waals surface area contributed by atoms with Gasteiger partial charge in [-0.1, -0.05) is 6.07 Å². The van der Waals surface area contributed by atoms with Gasteiger partial charge in [0.2, 0.25) is 0 Å². The molecule has 5 nitrogen and oxygen atoms in total. The lowest BCUT2D eigenvalue weighted by molar-refractivity contribution is 0.114. The van der Waals surface area contributed by atoms with Crippen molar-refractivity contribution in [2.75, 3.05) is 31.1 Å². The molecule has 2 aliphatic rings. The predicted molar refractivity (Wildman–Crippen MR) is 94.8 cm³/mol. The van der Waals surface area contributed by atoms with E-state index < -0.39 is 0 Å². The second kappa shape index (κ2) is 6.48. The van der Waals surface area contributed by atoms with Crippen molar-refractivity contribution in [1.82, 2.24) is 20.1 Å². The Morgan fingerprint density at radius 2 is 1.83 bits per heavy atom. The largest absolute Gasteiger partial charge is 0.355 e. The molecule has 24 heavy (non-hydrogen) atoms. The Labute approximate surface area is 143 Å². The number of aryl methyl sites for hydroxylation is 1. The van der Waals surface area contributed by atoms with Crippen molar-refractivity contribution < 1.29 is 0 Å². The van der Waals surface area contributed by atoms with Crippen LogP contribution >= 0.6 is 0 Å². The van der Waals surface area contributed by atoms with Crippen LogP contribution in [0.15, 0.2) is 36.5 Å². The quantitative estimate of drug-likeness (QED) is 0.869. The highest BCUT2D eigenvalue weighted by Gasteiger charge is 2.40. The summed E-state index contributed by atoms with van der Waals surface area (Å²) >= 11 is 0. The second-order valence-electron chi connectivity index (χ2n) is 7.30. The van der Waals surface area contributed by atoms with Gasteiger partial charge in [-0.25, -0.2) is 0 Å². The minimum atomic E-state index is 0.465. The fourth-order valence-corrected chi connectivity index (χ4v) is 4.01. The standard InChI is InChI=1S/C19H25N5/c1-16-5-6-18(22-21-16)24-13-9-19(15-24)7-11-23(12-8-19)14-17-4-2-3-10-20-17/h2-6,10H,7-9,11-15H2,1H3. The van der Waals surface area contributed by atoms with Crippen molar-refractivity contribution in [2.24, 2.45) is 5.41 Å². The molecule has 0 saturated carbocycles. The number of pyridine rings is 1. The van der Waals surface area contributed by atoms with E-state index in [0.717, 1.165) is 31.1 Å². The van der Waals surface area contributed by atoms with Crippen molar-refractivity contribution in [3.63, 3.8) is 0 Å². The summed E-state index contributed by atoms with van der Waals surface area (Å²) in [5.74, 6) is 1.04. The van der Waals surface area contributed by atoms with Crippen molar-refractivity contribution in [2.45, 2.75) is 32.7 Å². The van der Waals surface area contributed by atoms with Crippen LogP contribution in [0.5, 0.6) is 0 Å². The van der Waals surface area contributed by atoms with Gasteiger partial charge in [-0.2, -0.15) is 5.10 Å². The van der Waals surface area contributed by atoms with Crippen LogP contribution in [0.4, 0.5) is 5.82 Å². The summed E-state index contributed by atoms with van der Waals surface area (Å²) in [5, 5.41) is 8.58. The predicted octanol–water partition coefficient (Wildman–Crippen LogP) is 2.67. The van der Waals surface area contributed by atoms with Crippen LogP contribution in [0.1, 0.15) is 30.7 Å². The molecule has 1 spiro atoms. The first-order chi connectivity index (χ1) is 11.7. The molecule has 2 aromatic heterocycles. The maximum atomic E-state index is 4.46. The zero-order valence-electron chi connectivity index (χ0n) is 14.4. The third-order valence-electron chi connectivity index (χ3n) is 5.57. The molecule has 4 rings (SSSR count). The monoisotopic (exact) mass is 323 g/mol. The molecule has 0 aliphatic carbocycles. The topological polar surface area (TPSA) is 45.2 Å². The SMILES string of the molecule is Cc1ccc(N2CCC3(CCN(Cc4ccccn4)CC3)C2)nn1. The third kappa shape index (κ3) is 3.26. The first-order valence-electron chi connectivity index (χ1n) is 8.90. The third-order valence-corrected chi connectivity index (χ3v) is 5.57. The summed E-state index contributed by atoms with van der Waals surface area (Å²) in [6.07, 6.45) is 5.71. The van der Waals surface area contributed by atoms with Gasteiger partial charge in [-0.05, 0) is 69.0 Å². The van der Waals surface area contributed by atoms with Crippen LogP contribution in [-0.2, 0) is 6.54 Å². The van der Waals surface area contributed by atoms with Gasteiger partial charge in [0.1, 0.15) is 0 Å². The van der Waals surface area contributed by atoms with Gasteiger partial charge in [0, 0.05) is 25.8 Å². The van der Waals surface area contributed by atoms with Gasteiger partial charge >= 0.3 is 0 Å². The highest BCUT2D eigenvalue weighted by Crippen LogP contribution is 2.41. The average Bonchev–Trinajstić information content (AvgIpc) is 3.03. The molecule has 2 saturated heterocycles. The summed E-state index contributed by atoms with van der Waals surface area (Å²) in [5.41, 5.74) is 2.62. The van der Waals surface area contributed by atoms with E-state index in [1.807, 2.05) is 19.2 Å². The van der Waals surface area contributed by atoms with Crippen LogP contribution in [0.2, 0.25) is 0 Å². The van der Waals surface area contributed by atoms with Gasteiger partial charge in [-0.15, -0.1) is 5.10 Å². The number of hydrogen-bond donors (Lipinski definition) is 0. The second-order valence-corrected chi connectivity index (χ2v) is 7.30. The Kier molecular flexibility index (Phi) is 4.19. The lowest BCUT2D eigenvalue weighted by Crippen LogP contribution is -2.41. The molecule has 5 heteroatoms. The molecular formula is C19H25N5. The van der Waals surface area contributed by atoms with Crippen molar-refractivity contribution in [1.29, 1.82) is 0 Å². The molecule has 0 aromatic carbocycles. The first kappa shape index (κ1) is 15.5. The molecule has 0 atom stereocenters. The lowest BCUT2D eigenvalue weighted by Gasteiger charge is -2.39. The summed E-state index contributed by atoms with van der Waals surface area (Å²) in [6, 6.07) is 10.3. The minimum absolute atomic E-state index is 0.465. The fourth-order valence-electron chi connectivity index (χ4n) is 4.01. The zero-order chi connectivity index (χ0) is 16.4. The first-order valence-corrected chi connectivity index (χ1v) is 8.90. The van der Waals surface area contributed by atoms with Crippen LogP contribution in [0, 0.1) is 12.3 Å². The maximum Gasteiger partial charge on any atom is 0.151 e. The molecule has 126 valence electrons. The molecule has 2 aliphatic heterocycles. The maximum absolute atomic E-state index is 4.46. The Morgan fingerprint density at radius 3 is 2.54 bits per heavy atom. The van der Waals surface area contributed by atoms with Crippen molar-refractivity contribution in [3.05, 3.63) is 47.9 Å². The van der Waals surface area contributed by atoms with E-state index in [0.29, 0.717) is 5.41 Å². The van der Waals surface area contributed by atoms with E-state index in [2.05, 4.69) is 49.2 Å². The van der Waals surface area contributed by atoms with E-state index in [-0.39, 0.29) is 0 Å². The van der Waals surface area contributed by atoms with Crippen LogP contribution in [-0.4, -0.2) is 46.3 Å². The Hall–Kier alpha value is -2.01. The highest BCUT2D eigenvalue weighted by molar-refractivity contribution is 5.39. The fraction of sp³-hybridized carbons (Fsp3) is 0.526. The van der Waals surface area contributed by atoms with E-state index in [1.165, 1.54) is 38.0 Å². The Balaban J connectivity index is 1.34. The lowest BCUT2D eigenvalue weighted by atomic mass is 9.78. The van der Waals surface area contributed by atoms with E-state index >= 15 is 0 Å². The van der Waals surface area contributed by atoms with Gasteiger partial charge in [0.15, 0.2) is 5.82 Å². The molecule has 0 N–H and O–H groups in total. The van der Waals surface area contributed by atoms with Crippen LogP contribution in [0.3, 0.4) is 0 Å². The number of hydrogen-bond acceptors (Lipinski definition) is 5. The van der Waals surface area contributed by atoms with E-state index in [1.54, 1.807) is 0 Å². The van der Waals surface area contributed by atoms with Gasteiger partial charge in [-0.3, -0.25) is 9.88 Å². The normalized spacial score (nSPS) is 20.6. The smallest absolute Gasteiger partial charge is 0.151 e. The molecule has 0 radical (unpaired) electrons. The summed E-state index contributed by atoms with van der Waals surface area (Å²) < 4.78 is 0. The summed E-state index contributed by atoms with van der Waals surface area (Å²) in [6.45, 7) is 7.54. The zero-order valence-corrected chi connectivity index (χ0v) is 14.4. The molecule has 2 fully saturated rings.